The van der Waals surface area contributed by atoms with E-state index in [4.69, 9.17) is 9.47 Å². The molecule has 1 aromatic rings. The third-order valence-corrected chi connectivity index (χ3v) is 4.03. The number of fused-ring (bicyclic) bond motifs is 3. The minimum absolute atomic E-state index is 0.0135. The lowest BCUT2D eigenvalue weighted by Gasteiger charge is -2.45. The van der Waals surface area contributed by atoms with E-state index in [0.717, 1.165) is 5.69 Å². The highest BCUT2D eigenvalue weighted by molar-refractivity contribution is 5.70. The van der Waals surface area contributed by atoms with E-state index in [1.54, 1.807) is 11.0 Å². The standard InChI is InChI=1S/C16H21N3O5/c1-16(2,3)24-15(20)17-6-7-18-12(9-17)10-23-14-8-11(19(21)22)4-5-13(14)18/h4-5,8,12H,6-7,9-10H2,1-3H3/t12-/m1/s1. The summed E-state index contributed by atoms with van der Waals surface area (Å²) in [7, 11) is 0. The molecule has 24 heavy (non-hydrogen) atoms. The number of benzene rings is 1. The Labute approximate surface area is 140 Å². The van der Waals surface area contributed by atoms with Crippen LogP contribution in [0.15, 0.2) is 18.2 Å². The third kappa shape index (κ3) is 3.22. The fraction of sp³-hybridized carbons (Fsp3) is 0.562. The van der Waals surface area contributed by atoms with Gasteiger partial charge in [0.05, 0.1) is 22.7 Å². The lowest BCUT2D eigenvalue weighted by atomic mass is 10.1. The van der Waals surface area contributed by atoms with Gasteiger partial charge in [-0.25, -0.2) is 4.79 Å². The van der Waals surface area contributed by atoms with Gasteiger partial charge in [-0.2, -0.15) is 0 Å². The Bertz CT molecular complexity index is 670. The van der Waals surface area contributed by atoms with Crippen molar-refractivity contribution in [3.8, 4) is 5.75 Å². The number of piperazine rings is 1. The molecule has 0 N–H and O–H groups in total. The van der Waals surface area contributed by atoms with Gasteiger partial charge >= 0.3 is 6.09 Å². The molecule has 0 spiro atoms. The number of hydrogen-bond donors (Lipinski definition) is 0. The molecule has 0 radical (unpaired) electrons. The predicted octanol–water partition coefficient (Wildman–Crippen LogP) is 2.41. The van der Waals surface area contributed by atoms with Crippen LogP contribution in [0.3, 0.4) is 0 Å². The van der Waals surface area contributed by atoms with E-state index in [-0.39, 0.29) is 17.8 Å². The van der Waals surface area contributed by atoms with Crippen molar-refractivity contribution < 1.29 is 19.2 Å². The van der Waals surface area contributed by atoms with Crippen molar-refractivity contribution in [2.45, 2.75) is 32.4 Å². The molecule has 0 aliphatic carbocycles. The second kappa shape index (κ2) is 5.85. The SMILES string of the molecule is CC(C)(C)OC(=O)N1CCN2c3ccc([N+](=O)[O-])cc3OC[C@H]2C1. The molecule has 2 heterocycles. The van der Waals surface area contributed by atoms with Crippen LogP contribution in [-0.2, 0) is 4.74 Å². The smallest absolute Gasteiger partial charge is 0.410 e. The fourth-order valence-corrected chi connectivity index (χ4v) is 2.96. The third-order valence-electron chi connectivity index (χ3n) is 4.03. The van der Waals surface area contributed by atoms with E-state index in [1.807, 2.05) is 20.8 Å². The van der Waals surface area contributed by atoms with Crippen molar-refractivity contribution in [3.05, 3.63) is 28.3 Å². The van der Waals surface area contributed by atoms with Crippen molar-refractivity contribution in [2.75, 3.05) is 31.1 Å². The summed E-state index contributed by atoms with van der Waals surface area (Å²) in [5.41, 5.74) is 0.322. The number of non-ortho nitro benzene ring substituents is 1. The summed E-state index contributed by atoms with van der Waals surface area (Å²) >= 11 is 0. The maximum atomic E-state index is 12.2. The van der Waals surface area contributed by atoms with Gasteiger partial charge in [-0.1, -0.05) is 0 Å². The second-order valence-corrected chi connectivity index (χ2v) is 6.99. The van der Waals surface area contributed by atoms with Crippen LogP contribution in [0.2, 0.25) is 0 Å². The molecule has 8 nitrogen and oxygen atoms in total. The van der Waals surface area contributed by atoms with Crippen molar-refractivity contribution in [2.24, 2.45) is 0 Å². The summed E-state index contributed by atoms with van der Waals surface area (Å²) in [6.45, 7) is 7.59. The summed E-state index contributed by atoms with van der Waals surface area (Å²) in [6.07, 6.45) is -0.323. The summed E-state index contributed by atoms with van der Waals surface area (Å²) in [6, 6.07) is 4.65. The Hall–Kier alpha value is -2.51. The zero-order valence-electron chi connectivity index (χ0n) is 14.0. The number of hydrogen-bond acceptors (Lipinski definition) is 6. The Morgan fingerprint density at radius 2 is 2.12 bits per heavy atom. The highest BCUT2D eigenvalue weighted by Gasteiger charge is 2.36. The molecule has 2 aliphatic heterocycles. The van der Waals surface area contributed by atoms with E-state index in [9.17, 15) is 14.9 Å². The summed E-state index contributed by atoms with van der Waals surface area (Å²) in [5, 5.41) is 10.9. The normalized spacial score (nSPS) is 19.9. The minimum atomic E-state index is -0.525. The van der Waals surface area contributed by atoms with E-state index >= 15 is 0 Å². The lowest BCUT2D eigenvalue weighted by Crippen LogP contribution is -2.59. The summed E-state index contributed by atoms with van der Waals surface area (Å²) in [5.74, 6) is 0.520. The topological polar surface area (TPSA) is 85.2 Å². The molecular formula is C16H21N3O5. The van der Waals surface area contributed by atoms with Crippen LogP contribution in [0.1, 0.15) is 20.8 Å². The Morgan fingerprint density at radius 3 is 2.79 bits per heavy atom. The average molecular weight is 335 g/mol. The molecule has 0 bridgehead atoms. The summed E-state index contributed by atoms with van der Waals surface area (Å²) < 4.78 is 11.1. The Morgan fingerprint density at radius 1 is 1.38 bits per heavy atom. The number of amides is 1. The molecule has 0 saturated carbocycles. The largest absolute Gasteiger partial charge is 0.489 e. The van der Waals surface area contributed by atoms with Crippen LogP contribution >= 0.6 is 0 Å². The average Bonchev–Trinajstić information content (AvgIpc) is 2.51. The first-order valence-electron chi connectivity index (χ1n) is 7.90. The van der Waals surface area contributed by atoms with Crippen LogP contribution in [0.25, 0.3) is 0 Å². The van der Waals surface area contributed by atoms with E-state index < -0.39 is 10.5 Å². The van der Waals surface area contributed by atoms with Crippen LogP contribution in [0.5, 0.6) is 5.75 Å². The van der Waals surface area contributed by atoms with Gasteiger partial charge in [0.25, 0.3) is 5.69 Å². The van der Waals surface area contributed by atoms with Crippen molar-refractivity contribution in [1.29, 1.82) is 0 Å². The first kappa shape index (κ1) is 16.4. The Kier molecular flexibility index (Phi) is 3.98. The molecule has 130 valence electrons. The predicted molar refractivity (Wildman–Crippen MR) is 87.5 cm³/mol. The quantitative estimate of drug-likeness (QED) is 0.579. The Balaban J connectivity index is 1.73. The molecule has 1 amide bonds. The van der Waals surface area contributed by atoms with E-state index in [0.29, 0.717) is 32.0 Å². The number of carbonyl (C=O) groups excluding carboxylic acids is 1. The first-order chi connectivity index (χ1) is 11.2. The molecule has 3 rings (SSSR count). The molecule has 0 unspecified atom stereocenters. The van der Waals surface area contributed by atoms with Gasteiger partial charge in [-0.05, 0) is 26.8 Å². The fourth-order valence-electron chi connectivity index (χ4n) is 2.96. The number of carbonyl (C=O) groups is 1. The van der Waals surface area contributed by atoms with Crippen molar-refractivity contribution in [1.82, 2.24) is 4.90 Å². The van der Waals surface area contributed by atoms with Gasteiger partial charge in [0.1, 0.15) is 18.0 Å². The molecule has 1 saturated heterocycles. The highest BCUT2D eigenvalue weighted by atomic mass is 16.6. The maximum Gasteiger partial charge on any atom is 0.410 e. The molecule has 1 fully saturated rings. The first-order valence-corrected chi connectivity index (χ1v) is 7.90. The number of nitro benzene ring substituents is 1. The monoisotopic (exact) mass is 335 g/mol. The number of nitrogens with zero attached hydrogens (tertiary/aromatic N) is 3. The zero-order chi connectivity index (χ0) is 17.5. The number of ether oxygens (including phenoxy) is 2. The van der Waals surface area contributed by atoms with E-state index in [1.165, 1.54) is 12.1 Å². The molecule has 0 aromatic heterocycles. The van der Waals surface area contributed by atoms with Gasteiger partial charge in [-0.15, -0.1) is 0 Å². The number of anilines is 1. The van der Waals surface area contributed by atoms with Crippen molar-refractivity contribution in [3.63, 3.8) is 0 Å². The molecular weight excluding hydrogens is 314 g/mol. The zero-order valence-corrected chi connectivity index (χ0v) is 14.0. The van der Waals surface area contributed by atoms with Gasteiger partial charge in [-0.3, -0.25) is 10.1 Å². The van der Waals surface area contributed by atoms with Crippen LogP contribution in [0.4, 0.5) is 16.2 Å². The van der Waals surface area contributed by atoms with Gasteiger partial charge in [0, 0.05) is 25.7 Å². The second-order valence-electron chi connectivity index (χ2n) is 6.99. The summed E-state index contributed by atoms with van der Waals surface area (Å²) in [4.78, 5) is 26.5. The van der Waals surface area contributed by atoms with Gasteiger partial charge in [0.2, 0.25) is 0 Å². The number of nitro groups is 1. The molecule has 1 atom stereocenters. The lowest BCUT2D eigenvalue weighted by molar-refractivity contribution is -0.384. The maximum absolute atomic E-state index is 12.2. The van der Waals surface area contributed by atoms with Gasteiger partial charge in [0.15, 0.2) is 0 Å². The van der Waals surface area contributed by atoms with E-state index in [2.05, 4.69) is 4.90 Å². The molecule has 1 aromatic carbocycles. The molecule has 8 heteroatoms. The highest BCUT2D eigenvalue weighted by Crippen LogP contribution is 2.37. The van der Waals surface area contributed by atoms with Crippen LogP contribution in [0, 0.1) is 10.1 Å². The van der Waals surface area contributed by atoms with Crippen molar-refractivity contribution >= 4 is 17.5 Å². The number of rotatable bonds is 1. The minimum Gasteiger partial charge on any atom is -0.489 e. The van der Waals surface area contributed by atoms with Crippen LogP contribution < -0.4 is 9.64 Å². The van der Waals surface area contributed by atoms with Crippen LogP contribution in [-0.4, -0.2) is 53.8 Å². The van der Waals surface area contributed by atoms with Gasteiger partial charge < -0.3 is 19.3 Å². The molecule has 2 aliphatic rings.